The van der Waals surface area contributed by atoms with Crippen molar-refractivity contribution in [1.82, 2.24) is 0 Å². The van der Waals surface area contributed by atoms with Crippen LogP contribution in [-0.4, -0.2) is 55.0 Å². The van der Waals surface area contributed by atoms with Crippen LogP contribution in [0.3, 0.4) is 0 Å². The Bertz CT molecular complexity index is 928. The smallest absolute Gasteiger partial charge is 0.330 e. The lowest BCUT2D eigenvalue weighted by atomic mass is 9.91. The highest BCUT2D eigenvalue weighted by Crippen LogP contribution is 2.30. The molecule has 4 rings (SSSR count). The third kappa shape index (κ3) is 8.12. The van der Waals surface area contributed by atoms with E-state index in [1.807, 2.05) is 18.2 Å². The molecule has 36 heavy (non-hydrogen) atoms. The average Bonchev–Trinajstić information content (AvgIpc) is 3.17. The van der Waals surface area contributed by atoms with Gasteiger partial charge in [-0.25, -0.2) is 4.79 Å². The molecule has 4 bridgehead atoms. The highest BCUT2D eigenvalue weighted by atomic mass is 16.6. The Balaban J connectivity index is 1.46. The van der Waals surface area contributed by atoms with Gasteiger partial charge in [0, 0.05) is 25.3 Å². The molecule has 0 aliphatic carbocycles. The van der Waals surface area contributed by atoms with Crippen molar-refractivity contribution in [2.45, 2.75) is 102 Å². The summed E-state index contributed by atoms with van der Waals surface area (Å²) < 4.78 is 24.0. The van der Waals surface area contributed by atoms with Crippen molar-refractivity contribution in [2.75, 3.05) is 6.61 Å². The third-order valence-corrected chi connectivity index (χ3v) is 7.20. The highest BCUT2D eigenvalue weighted by Gasteiger charge is 2.37. The molecule has 0 amide bonds. The van der Waals surface area contributed by atoms with Crippen LogP contribution in [0.25, 0.3) is 0 Å². The number of allylic oxidation sites excluding steroid dienone is 1. The van der Waals surface area contributed by atoms with Crippen LogP contribution in [0.15, 0.2) is 60.3 Å². The summed E-state index contributed by atoms with van der Waals surface area (Å²) in [5.41, 5.74) is 2.25. The van der Waals surface area contributed by atoms with Crippen molar-refractivity contribution in [3.8, 4) is 0 Å². The molecule has 6 heteroatoms. The molecule has 196 valence electrons. The molecule has 0 radical (unpaired) electrons. The maximum atomic E-state index is 12.8. The van der Waals surface area contributed by atoms with E-state index in [0.29, 0.717) is 38.2 Å². The molecule has 4 heterocycles. The van der Waals surface area contributed by atoms with Gasteiger partial charge >= 0.3 is 5.97 Å². The van der Waals surface area contributed by atoms with E-state index in [0.717, 1.165) is 31.3 Å². The summed E-state index contributed by atoms with van der Waals surface area (Å²) in [6.45, 7) is 9.05. The first kappa shape index (κ1) is 26.8. The SMILES string of the molecule is C=C1CC(=O)CC2C[C@H](OC(=O)/C=C\C[C@@H]3C=CC[C@@H](C[C@@H](C)C1)O3)[C@H](/C=C/[C@@H]1CC(C)=CCO1)O2. The first-order valence-electron chi connectivity index (χ1n) is 13.3. The summed E-state index contributed by atoms with van der Waals surface area (Å²) in [7, 11) is 0. The number of esters is 1. The van der Waals surface area contributed by atoms with Crippen LogP contribution < -0.4 is 0 Å². The van der Waals surface area contributed by atoms with Crippen LogP contribution in [0.2, 0.25) is 0 Å². The van der Waals surface area contributed by atoms with E-state index in [2.05, 4.69) is 38.7 Å². The number of ketones is 1. The predicted octanol–water partition coefficient (Wildman–Crippen LogP) is 5.34. The quantitative estimate of drug-likeness (QED) is 0.380. The van der Waals surface area contributed by atoms with E-state index in [1.165, 1.54) is 11.6 Å². The summed E-state index contributed by atoms with van der Waals surface area (Å²) in [5.74, 6) is 0.0938. The zero-order valence-electron chi connectivity index (χ0n) is 21.6. The molecule has 0 aromatic heterocycles. The monoisotopic (exact) mass is 496 g/mol. The standard InChI is InChI=1S/C30H40O6/c1-20-12-13-33-25(16-20)10-11-28-29-19-27(35-28)18-23(31)15-21(2)14-22(3)17-26-8-4-6-24(34-26)7-5-9-30(32)36-29/h4-6,9-12,22,24-29H,2,7-8,13-19H2,1,3H3/b9-5-,11-10+/t22-,24-,25+,26-,27?,28-,29-/m0/s1. The van der Waals surface area contributed by atoms with Gasteiger partial charge in [-0.05, 0) is 44.9 Å². The van der Waals surface area contributed by atoms with E-state index in [-0.39, 0.29) is 30.2 Å². The zero-order chi connectivity index (χ0) is 25.5. The minimum Gasteiger partial charge on any atom is -0.456 e. The van der Waals surface area contributed by atoms with E-state index in [9.17, 15) is 9.59 Å². The maximum absolute atomic E-state index is 12.8. The molecule has 0 aromatic carbocycles. The second-order valence-corrected chi connectivity index (χ2v) is 10.8. The number of carbonyl (C=O) groups is 2. The molecule has 1 fully saturated rings. The molecule has 1 unspecified atom stereocenters. The summed E-state index contributed by atoms with van der Waals surface area (Å²) in [6.07, 6.45) is 17.6. The molecular formula is C30H40O6. The van der Waals surface area contributed by atoms with Crippen LogP contribution in [0.5, 0.6) is 0 Å². The zero-order valence-corrected chi connectivity index (χ0v) is 21.6. The van der Waals surface area contributed by atoms with Crippen molar-refractivity contribution in [2.24, 2.45) is 5.92 Å². The fourth-order valence-corrected chi connectivity index (χ4v) is 5.51. The van der Waals surface area contributed by atoms with Gasteiger partial charge in [0.1, 0.15) is 18.0 Å². The Morgan fingerprint density at radius 2 is 1.86 bits per heavy atom. The van der Waals surface area contributed by atoms with Crippen LogP contribution in [0, 0.1) is 5.92 Å². The second-order valence-electron chi connectivity index (χ2n) is 10.8. The molecule has 1 saturated heterocycles. The van der Waals surface area contributed by atoms with Crippen molar-refractivity contribution in [3.63, 3.8) is 0 Å². The van der Waals surface area contributed by atoms with Crippen molar-refractivity contribution in [1.29, 1.82) is 0 Å². The molecular weight excluding hydrogens is 456 g/mol. The van der Waals surface area contributed by atoms with Gasteiger partial charge in [-0.3, -0.25) is 4.79 Å². The van der Waals surface area contributed by atoms with Gasteiger partial charge in [0.25, 0.3) is 0 Å². The molecule has 0 N–H and O–H groups in total. The molecule has 6 nitrogen and oxygen atoms in total. The fraction of sp³-hybridized carbons (Fsp3) is 0.600. The summed E-state index contributed by atoms with van der Waals surface area (Å²) >= 11 is 0. The Hall–Kier alpha value is -2.28. The summed E-state index contributed by atoms with van der Waals surface area (Å²) in [4.78, 5) is 25.5. The van der Waals surface area contributed by atoms with Gasteiger partial charge < -0.3 is 18.9 Å². The van der Waals surface area contributed by atoms with E-state index >= 15 is 0 Å². The van der Waals surface area contributed by atoms with Crippen molar-refractivity contribution in [3.05, 3.63) is 60.3 Å². The molecule has 4 aliphatic heterocycles. The number of carbonyl (C=O) groups excluding carboxylic acids is 2. The number of ether oxygens (including phenoxy) is 4. The average molecular weight is 497 g/mol. The van der Waals surface area contributed by atoms with Gasteiger partial charge in [-0.2, -0.15) is 0 Å². The number of hydrogen-bond donors (Lipinski definition) is 0. The first-order valence-corrected chi connectivity index (χ1v) is 13.3. The maximum Gasteiger partial charge on any atom is 0.330 e. The minimum absolute atomic E-state index is 0.0253. The predicted molar refractivity (Wildman–Crippen MR) is 138 cm³/mol. The Morgan fingerprint density at radius 3 is 2.69 bits per heavy atom. The van der Waals surface area contributed by atoms with E-state index in [1.54, 1.807) is 0 Å². The van der Waals surface area contributed by atoms with Crippen molar-refractivity contribution < 1.29 is 28.5 Å². The van der Waals surface area contributed by atoms with Crippen LogP contribution in [0.4, 0.5) is 0 Å². The minimum atomic E-state index is -0.450. The van der Waals surface area contributed by atoms with Crippen LogP contribution in [0.1, 0.15) is 65.2 Å². The van der Waals surface area contributed by atoms with E-state index in [4.69, 9.17) is 18.9 Å². The fourth-order valence-electron chi connectivity index (χ4n) is 5.51. The van der Waals surface area contributed by atoms with Crippen molar-refractivity contribution >= 4 is 11.8 Å². The highest BCUT2D eigenvalue weighted by molar-refractivity contribution is 5.82. The third-order valence-electron chi connectivity index (χ3n) is 7.20. The summed E-state index contributed by atoms with van der Waals surface area (Å²) in [5, 5.41) is 0. The Morgan fingerprint density at radius 1 is 1.00 bits per heavy atom. The number of Topliss-reactive ketones (excluding diaryl/α,β-unsaturated/α-hetero) is 1. The largest absolute Gasteiger partial charge is 0.456 e. The van der Waals surface area contributed by atoms with Crippen LogP contribution in [-0.2, 0) is 28.5 Å². The number of hydrogen-bond acceptors (Lipinski definition) is 6. The van der Waals surface area contributed by atoms with Crippen LogP contribution >= 0.6 is 0 Å². The Labute approximate surface area is 215 Å². The Kier molecular flexibility index (Phi) is 9.52. The first-order chi connectivity index (χ1) is 17.3. The van der Waals surface area contributed by atoms with Gasteiger partial charge in [0.05, 0.1) is 31.0 Å². The molecule has 4 aliphatic rings. The second kappa shape index (κ2) is 12.8. The van der Waals surface area contributed by atoms with Gasteiger partial charge in [-0.1, -0.05) is 61.1 Å². The van der Waals surface area contributed by atoms with Gasteiger partial charge in [0.15, 0.2) is 0 Å². The summed E-state index contributed by atoms with van der Waals surface area (Å²) in [6, 6.07) is 0. The molecule has 0 spiro atoms. The lowest BCUT2D eigenvalue weighted by molar-refractivity contribution is -0.144. The van der Waals surface area contributed by atoms with Gasteiger partial charge in [0.2, 0.25) is 0 Å². The number of rotatable bonds is 2. The topological polar surface area (TPSA) is 71.1 Å². The lowest BCUT2D eigenvalue weighted by Crippen LogP contribution is -2.26. The van der Waals surface area contributed by atoms with E-state index < -0.39 is 18.2 Å². The number of fused-ring (bicyclic) bond motifs is 4. The lowest BCUT2D eigenvalue weighted by Gasteiger charge is -2.28. The van der Waals surface area contributed by atoms with Gasteiger partial charge in [-0.15, -0.1) is 0 Å². The molecule has 0 aromatic rings. The normalized spacial score (nSPS) is 37.8. The molecule has 0 saturated carbocycles. The molecule has 7 atom stereocenters.